The van der Waals surface area contributed by atoms with E-state index < -0.39 is 0 Å². The highest BCUT2D eigenvalue weighted by Crippen LogP contribution is 2.43. The zero-order valence-corrected chi connectivity index (χ0v) is 22.5. The van der Waals surface area contributed by atoms with Gasteiger partial charge in [0.25, 0.3) is 5.89 Å². The van der Waals surface area contributed by atoms with Gasteiger partial charge in [-0.1, -0.05) is 93.6 Å². The summed E-state index contributed by atoms with van der Waals surface area (Å²) < 4.78 is 5.73. The molecule has 0 fully saturated rings. The van der Waals surface area contributed by atoms with E-state index in [0.717, 1.165) is 50.6 Å². The van der Waals surface area contributed by atoms with Crippen LogP contribution in [0.1, 0.15) is 59.4 Å². The predicted molar refractivity (Wildman–Crippen MR) is 153 cm³/mol. The fraction of sp³-hybridized carbons (Fsp3) is 0.258. The Labute approximate surface area is 218 Å². The van der Waals surface area contributed by atoms with E-state index in [1.54, 1.807) is 5.37 Å². The molecule has 0 aliphatic rings. The predicted octanol–water partition coefficient (Wildman–Crippen LogP) is 8.69. The molecule has 0 aliphatic carbocycles. The van der Waals surface area contributed by atoms with Crippen molar-refractivity contribution >= 4 is 33.9 Å². The van der Waals surface area contributed by atoms with Gasteiger partial charge in [-0.3, -0.25) is 0 Å². The third kappa shape index (κ3) is 4.89. The first-order valence-corrected chi connectivity index (χ1v) is 12.7. The number of hydrogen-bond donors (Lipinski definition) is 1. The molecule has 3 aromatic carbocycles. The Bertz CT molecular complexity index is 1500. The molecule has 0 atom stereocenters. The van der Waals surface area contributed by atoms with E-state index in [2.05, 4.69) is 63.2 Å². The zero-order chi connectivity index (χ0) is 26.0. The largest absolute Gasteiger partial charge is 0.507 e. The van der Waals surface area contributed by atoms with E-state index >= 15 is 0 Å². The molecule has 4 nitrogen and oxygen atoms in total. The van der Waals surface area contributed by atoms with Crippen molar-refractivity contribution in [3.63, 3.8) is 0 Å². The average Bonchev–Trinajstić information content (AvgIpc) is 3.32. The summed E-state index contributed by atoms with van der Waals surface area (Å²) in [7, 11) is 0. The molecule has 0 aliphatic heterocycles. The molecule has 36 heavy (non-hydrogen) atoms. The SMILES string of the molecule is CC/C=C(C)\C(=C(\C)C=S)c1nc(-c2cc(C(C)(C)C)cc(-c3cccc4ccccc34)c2O)no1. The highest BCUT2D eigenvalue weighted by Gasteiger charge is 2.24. The van der Waals surface area contributed by atoms with Crippen LogP contribution in [0.5, 0.6) is 5.75 Å². The molecule has 184 valence electrons. The van der Waals surface area contributed by atoms with Gasteiger partial charge in [0, 0.05) is 16.5 Å². The summed E-state index contributed by atoms with van der Waals surface area (Å²) in [6, 6.07) is 18.4. The molecule has 0 spiro atoms. The normalized spacial score (nSPS) is 13.1. The van der Waals surface area contributed by atoms with Crippen molar-refractivity contribution in [1.82, 2.24) is 10.1 Å². The Kier molecular flexibility index (Phi) is 7.23. The first-order valence-electron chi connectivity index (χ1n) is 12.2. The lowest BCUT2D eigenvalue weighted by atomic mass is 9.83. The van der Waals surface area contributed by atoms with Crippen LogP contribution in [-0.2, 0) is 5.41 Å². The highest BCUT2D eigenvalue weighted by atomic mass is 32.1. The summed E-state index contributed by atoms with van der Waals surface area (Å²) in [6.45, 7) is 12.5. The fourth-order valence-corrected chi connectivity index (χ4v) is 4.57. The lowest BCUT2D eigenvalue weighted by molar-refractivity contribution is 0.408. The molecule has 1 heterocycles. The topological polar surface area (TPSA) is 59.2 Å². The third-order valence-electron chi connectivity index (χ3n) is 6.41. The number of hydrogen-bond acceptors (Lipinski definition) is 5. The van der Waals surface area contributed by atoms with Crippen LogP contribution in [-0.4, -0.2) is 20.6 Å². The van der Waals surface area contributed by atoms with Gasteiger partial charge in [-0.2, -0.15) is 4.98 Å². The van der Waals surface area contributed by atoms with E-state index in [1.807, 2.05) is 44.2 Å². The summed E-state index contributed by atoms with van der Waals surface area (Å²) in [5.74, 6) is 0.858. The first kappa shape index (κ1) is 25.5. The lowest BCUT2D eigenvalue weighted by Crippen LogP contribution is -2.11. The number of aromatic nitrogens is 2. The summed E-state index contributed by atoms with van der Waals surface area (Å²) in [5, 5.41) is 19.7. The monoisotopic (exact) mass is 496 g/mol. The van der Waals surface area contributed by atoms with Crippen LogP contribution < -0.4 is 0 Å². The smallest absolute Gasteiger partial charge is 0.258 e. The van der Waals surface area contributed by atoms with E-state index in [-0.39, 0.29) is 11.2 Å². The molecule has 1 N–H and O–H groups in total. The maximum absolute atomic E-state index is 11.6. The van der Waals surface area contributed by atoms with E-state index in [9.17, 15) is 5.11 Å². The Morgan fingerprint density at radius 1 is 1.00 bits per heavy atom. The number of aromatic hydroxyl groups is 1. The van der Waals surface area contributed by atoms with Gasteiger partial charge in [-0.05, 0) is 70.9 Å². The van der Waals surface area contributed by atoms with Crippen molar-refractivity contribution in [2.45, 2.75) is 53.4 Å². The summed E-state index contributed by atoms with van der Waals surface area (Å²) in [5.41, 5.74) is 5.88. The number of fused-ring (bicyclic) bond motifs is 1. The molecule has 5 heteroatoms. The van der Waals surface area contributed by atoms with Gasteiger partial charge in [0.1, 0.15) is 5.75 Å². The maximum Gasteiger partial charge on any atom is 0.258 e. The van der Waals surface area contributed by atoms with Gasteiger partial charge in [0.2, 0.25) is 5.82 Å². The van der Waals surface area contributed by atoms with Gasteiger partial charge in [0.05, 0.1) is 5.56 Å². The Balaban J connectivity index is 1.96. The van der Waals surface area contributed by atoms with Crippen LogP contribution in [0.3, 0.4) is 0 Å². The van der Waals surface area contributed by atoms with E-state index in [4.69, 9.17) is 21.7 Å². The number of benzene rings is 3. The van der Waals surface area contributed by atoms with Gasteiger partial charge in [-0.15, -0.1) is 0 Å². The van der Waals surface area contributed by atoms with E-state index in [0.29, 0.717) is 17.3 Å². The second kappa shape index (κ2) is 10.2. The van der Waals surface area contributed by atoms with Crippen molar-refractivity contribution in [3.8, 4) is 28.3 Å². The third-order valence-corrected chi connectivity index (χ3v) is 6.77. The molecule has 1 aromatic heterocycles. The summed E-state index contributed by atoms with van der Waals surface area (Å²) in [6.07, 6.45) is 2.99. The number of phenols is 1. The molecule has 0 radical (unpaired) electrons. The van der Waals surface area contributed by atoms with Gasteiger partial charge < -0.3 is 9.63 Å². The molecule has 0 unspecified atom stereocenters. The van der Waals surface area contributed by atoms with Gasteiger partial charge in [0.15, 0.2) is 0 Å². The molecule has 4 aromatic rings. The molecule has 4 rings (SSSR count). The number of thiocarbonyl (C=S) groups is 1. The number of nitrogens with zero attached hydrogens (tertiary/aromatic N) is 2. The molecule has 0 bridgehead atoms. The van der Waals surface area contributed by atoms with Gasteiger partial charge in [-0.25, -0.2) is 0 Å². The number of rotatable bonds is 6. The second-order valence-corrected chi connectivity index (χ2v) is 10.3. The van der Waals surface area contributed by atoms with Crippen molar-refractivity contribution in [1.29, 1.82) is 0 Å². The quantitative estimate of drug-likeness (QED) is 0.164. The minimum Gasteiger partial charge on any atom is -0.507 e. The van der Waals surface area contributed by atoms with Crippen LogP contribution in [0.2, 0.25) is 0 Å². The zero-order valence-electron chi connectivity index (χ0n) is 21.7. The minimum atomic E-state index is -0.159. The minimum absolute atomic E-state index is 0.129. The van der Waals surface area contributed by atoms with Gasteiger partial charge >= 0.3 is 0 Å². The standard InChI is InChI=1S/C31H32N2O2S/c1-7-11-19(2)27(20(3)18-36)30-32-29(33-35-30)26-17-22(31(4,5)6)16-25(28(26)34)24-15-10-13-21-12-8-9-14-23(21)24/h8-18,34H,7H2,1-6H3/b19-11-,27-20+. The molecule has 0 saturated heterocycles. The van der Waals surface area contributed by atoms with Crippen molar-refractivity contribution in [2.24, 2.45) is 0 Å². The first-order chi connectivity index (χ1) is 17.2. The number of phenolic OH excluding ortho intramolecular Hbond substituents is 1. The molecular weight excluding hydrogens is 464 g/mol. The fourth-order valence-electron chi connectivity index (χ4n) is 4.45. The highest BCUT2D eigenvalue weighted by molar-refractivity contribution is 7.79. The van der Waals surface area contributed by atoms with Crippen molar-refractivity contribution < 1.29 is 9.63 Å². The van der Waals surface area contributed by atoms with Crippen LogP contribution in [0, 0.1) is 0 Å². The molecule has 0 amide bonds. The van der Waals surface area contributed by atoms with Crippen LogP contribution in [0.25, 0.3) is 38.9 Å². The van der Waals surface area contributed by atoms with Crippen LogP contribution in [0.4, 0.5) is 0 Å². The van der Waals surface area contributed by atoms with Crippen molar-refractivity contribution in [3.05, 3.63) is 83.3 Å². The Hall–Kier alpha value is -3.57. The molecular formula is C31H32N2O2S. The van der Waals surface area contributed by atoms with Crippen molar-refractivity contribution in [2.75, 3.05) is 0 Å². The summed E-state index contributed by atoms with van der Waals surface area (Å²) >= 11 is 5.20. The average molecular weight is 497 g/mol. The second-order valence-electron chi connectivity index (χ2n) is 10.1. The Morgan fingerprint density at radius 3 is 2.39 bits per heavy atom. The molecule has 0 saturated carbocycles. The van der Waals surface area contributed by atoms with Crippen LogP contribution >= 0.6 is 12.2 Å². The Morgan fingerprint density at radius 2 is 1.69 bits per heavy atom. The van der Waals surface area contributed by atoms with Crippen LogP contribution in [0.15, 0.2) is 76.3 Å². The summed E-state index contributed by atoms with van der Waals surface area (Å²) in [4.78, 5) is 4.73. The van der Waals surface area contributed by atoms with E-state index in [1.165, 1.54) is 0 Å². The lowest BCUT2D eigenvalue weighted by Gasteiger charge is -2.22. The number of allylic oxidation sites excluding steroid dienone is 4. The maximum atomic E-state index is 11.6.